The van der Waals surface area contributed by atoms with Gasteiger partial charge in [-0.05, 0) is 36.2 Å². The number of pyridine rings is 1. The fraction of sp³-hybridized carbons (Fsp3) is 0.143. The maximum atomic E-state index is 4.52. The first-order valence-corrected chi connectivity index (χ1v) is 8.45. The zero-order chi connectivity index (χ0) is 17.1. The summed E-state index contributed by atoms with van der Waals surface area (Å²) in [4.78, 5) is 8.61. The van der Waals surface area contributed by atoms with Crippen LogP contribution in [0.5, 0.6) is 0 Å². The van der Waals surface area contributed by atoms with Crippen LogP contribution in [0.4, 0.5) is 0 Å². The van der Waals surface area contributed by atoms with Crippen molar-refractivity contribution in [3.05, 3.63) is 90.6 Å². The first-order valence-electron chi connectivity index (χ1n) is 8.45. The highest BCUT2D eigenvalue weighted by Crippen LogP contribution is 2.19. The van der Waals surface area contributed by atoms with Crippen LogP contribution in [0.25, 0.3) is 16.6 Å². The summed E-state index contributed by atoms with van der Waals surface area (Å²) in [6.45, 7) is 2.98. The van der Waals surface area contributed by atoms with Crippen molar-refractivity contribution in [3.63, 3.8) is 0 Å². The molecule has 0 saturated carbocycles. The second kappa shape index (κ2) is 6.87. The van der Waals surface area contributed by atoms with Crippen LogP contribution in [0.3, 0.4) is 0 Å². The fourth-order valence-electron chi connectivity index (χ4n) is 3.04. The van der Waals surface area contributed by atoms with Gasteiger partial charge in [0.1, 0.15) is 0 Å². The number of para-hydroxylation sites is 1. The smallest absolute Gasteiger partial charge is 0.0991 e. The molecule has 0 spiro atoms. The summed E-state index contributed by atoms with van der Waals surface area (Å²) in [5.41, 5.74) is 4.67. The third-order valence-corrected chi connectivity index (χ3v) is 4.51. The fourth-order valence-corrected chi connectivity index (χ4v) is 3.04. The van der Waals surface area contributed by atoms with Crippen LogP contribution >= 0.6 is 0 Å². The van der Waals surface area contributed by atoms with E-state index in [9.17, 15) is 0 Å². The average Bonchev–Trinajstić information content (AvgIpc) is 3.21. The van der Waals surface area contributed by atoms with E-state index in [1.54, 1.807) is 6.20 Å². The minimum absolute atomic E-state index is 0.260. The third-order valence-electron chi connectivity index (χ3n) is 4.51. The standard InChI is InChI=1S/C21H20N4/c1-16(17-7-9-20(10-8-17)25-13-12-22-15-25)24-14-19-5-2-4-18-6-3-11-23-21(18)19/h2-13,15-16,24H,14H2,1H3/t16-/m1/s1. The normalized spacial score (nSPS) is 12.4. The third kappa shape index (κ3) is 3.30. The Labute approximate surface area is 147 Å². The van der Waals surface area contributed by atoms with E-state index < -0.39 is 0 Å². The van der Waals surface area contributed by atoms with E-state index in [1.807, 2.05) is 29.4 Å². The number of rotatable bonds is 5. The Balaban J connectivity index is 1.47. The average molecular weight is 328 g/mol. The molecule has 0 aliphatic carbocycles. The van der Waals surface area contributed by atoms with E-state index in [-0.39, 0.29) is 6.04 Å². The number of aromatic nitrogens is 3. The number of fused-ring (bicyclic) bond motifs is 1. The van der Waals surface area contributed by atoms with E-state index in [0.29, 0.717) is 0 Å². The summed E-state index contributed by atoms with van der Waals surface area (Å²) in [7, 11) is 0. The van der Waals surface area contributed by atoms with E-state index in [0.717, 1.165) is 17.7 Å². The molecule has 4 rings (SSSR count). The lowest BCUT2D eigenvalue weighted by Gasteiger charge is -2.16. The zero-order valence-electron chi connectivity index (χ0n) is 14.1. The number of benzene rings is 2. The van der Waals surface area contributed by atoms with Gasteiger partial charge in [0.15, 0.2) is 0 Å². The Morgan fingerprint density at radius 3 is 2.64 bits per heavy atom. The summed E-state index contributed by atoms with van der Waals surface area (Å²) < 4.78 is 2.00. The van der Waals surface area contributed by atoms with Gasteiger partial charge in [0, 0.05) is 42.3 Å². The molecule has 0 saturated heterocycles. The lowest BCUT2D eigenvalue weighted by atomic mass is 10.1. The second-order valence-corrected chi connectivity index (χ2v) is 6.16. The molecule has 1 N–H and O–H groups in total. The van der Waals surface area contributed by atoms with Crippen molar-refractivity contribution in [2.75, 3.05) is 0 Å². The number of nitrogens with one attached hydrogen (secondary N) is 1. The van der Waals surface area contributed by atoms with Gasteiger partial charge in [0.05, 0.1) is 11.8 Å². The second-order valence-electron chi connectivity index (χ2n) is 6.16. The van der Waals surface area contributed by atoms with Crippen LogP contribution in [0.2, 0.25) is 0 Å². The predicted octanol–water partition coefficient (Wildman–Crippen LogP) is 4.27. The first kappa shape index (κ1) is 15.5. The predicted molar refractivity (Wildman–Crippen MR) is 101 cm³/mol. The molecule has 0 radical (unpaired) electrons. The minimum Gasteiger partial charge on any atom is -0.306 e. The zero-order valence-corrected chi connectivity index (χ0v) is 14.1. The molecule has 2 heterocycles. The summed E-state index contributed by atoms with van der Waals surface area (Å²) in [5.74, 6) is 0. The van der Waals surface area contributed by atoms with Crippen molar-refractivity contribution < 1.29 is 0 Å². The SMILES string of the molecule is C[C@@H](NCc1cccc2cccnc12)c1ccc(-n2ccnc2)cc1. The van der Waals surface area contributed by atoms with Crippen molar-refractivity contribution in [1.29, 1.82) is 0 Å². The number of hydrogen-bond acceptors (Lipinski definition) is 3. The number of hydrogen-bond donors (Lipinski definition) is 1. The van der Waals surface area contributed by atoms with Gasteiger partial charge in [-0.2, -0.15) is 0 Å². The van der Waals surface area contributed by atoms with E-state index in [1.165, 1.54) is 16.5 Å². The molecule has 2 aromatic heterocycles. The Morgan fingerprint density at radius 2 is 1.84 bits per heavy atom. The van der Waals surface area contributed by atoms with E-state index in [4.69, 9.17) is 0 Å². The molecule has 25 heavy (non-hydrogen) atoms. The van der Waals surface area contributed by atoms with Gasteiger partial charge >= 0.3 is 0 Å². The molecule has 4 aromatic rings. The molecule has 4 nitrogen and oxygen atoms in total. The van der Waals surface area contributed by atoms with Crippen molar-refractivity contribution >= 4 is 10.9 Å². The van der Waals surface area contributed by atoms with Gasteiger partial charge in [-0.1, -0.05) is 36.4 Å². The highest BCUT2D eigenvalue weighted by Gasteiger charge is 2.07. The van der Waals surface area contributed by atoms with Crippen LogP contribution in [0.15, 0.2) is 79.5 Å². The van der Waals surface area contributed by atoms with Gasteiger partial charge in [0.2, 0.25) is 0 Å². The number of imidazole rings is 1. The highest BCUT2D eigenvalue weighted by molar-refractivity contribution is 5.81. The van der Waals surface area contributed by atoms with Crippen molar-refractivity contribution in [1.82, 2.24) is 19.9 Å². The van der Waals surface area contributed by atoms with E-state index in [2.05, 4.69) is 70.7 Å². The summed E-state index contributed by atoms with van der Waals surface area (Å²) >= 11 is 0. The molecule has 124 valence electrons. The van der Waals surface area contributed by atoms with Crippen molar-refractivity contribution in [3.8, 4) is 5.69 Å². The molecule has 2 aromatic carbocycles. The molecule has 0 amide bonds. The van der Waals surface area contributed by atoms with Gasteiger partial charge in [-0.25, -0.2) is 4.98 Å². The monoisotopic (exact) mass is 328 g/mol. The summed E-state index contributed by atoms with van der Waals surface area (Å²) in [5, 5.41) is 4.78. The van der Waals surface area contributed by atoms with Gasteiger partial charge in [-0.3, -0.25) is 4.98 Å². The van der Waals surface area contributed by atoms with Crippen LogP contribution in [-0.2, 0) is 6.54 Å². The quantitative estimate of drug-likeness (QED) is 0.595. The lowest BCUT2D eigenvalue weighted by Crippen LogP contribution is -2.18. The van der Waals surface area contributed by atoms with Gasteiger partial charge < -0.3 is 9.88 Å². The maximum absolute atomic E-state index is 4.52. The largest absolute Gasteiger partial charge is 0.306 e. The van der Waals surface area contributed by atoms with Gasteiger partial charge in [-0.15, -0.1) is 0 Å². The Bertz CT molecular complexity index is 954. The summed E-state index contributed by atoms with van der Waals surface area (Å²) in [6, 6.07) is 19.2. The van der Waals surface area contributed by atoms with Gasteiger partial charge in [0.25, 0.3) is 0 Å². The molecule has 0 aliphatic heterocycles. The van der Waals surface area contributed by atoms with Crippen LogP contribution < -0.4 is 5.32 Å². The first-order chi connectivity index (χ1) is 12.3. The lowest BCUT2D eigenvalue weighted by molar-refractivity contribution is 0.576. The summed E-state index contributed by atoms with van der Waals surface area (Å²) in [6.07, 6.45) is 7.40. The van der Waals surface area contributed by atoms with Crippen molar-refractivity contribution in [2.24, 2.45) is 0 Å². The maximum Gasteiger partial charge on any atom is 0.0991 e. The highest BCUT2D eigenvalue weighted by atomic mass is 15.0. The topological polar surface area (TPSA) is 42.7 Å². The van der Waals surface area contributed by atoms with E-state index >= 15 is 0 Å². The molecule has 0 bridgehead atoms. The minimum atomic E-state index is 0.260. The molecule has 1 atom stereocenters. The molecule has 0 fully saturated rings. The Hall–Kier alpha value is -2.98. The molecule has 0 aliphatic rings. The molecule has 4 heteroatoms. The van der Waals surface area contributed by atoms with Crippen LogP contribution in [0, 0.1) is 0 Å². The number of nitrogens with zero attached hydrogens (tertiary/aromatic N) is 3. The molecular formula is C21H20N4. The van der Waals surface area contributed by atoms with Crippen molar-refractivity contribution in [2.45, 2.75) is 19.5 Å². The Kier molecular flexibility index (Phi) is 4.27. The molecule has 0 unspecified atom stereocenters. The Morgan fingerprint density at radius 1 is 1.00 bits per heavy atom. The molecular weight excluding hydrogens is 308 g/mol. The van der Waals surface area contributed by atoms with Crippen LogP contribution in [-0.4, -0.2) is 14.5 Å². The van der Waals surface area contributed by atoms with Crippen LogP contribution in [0.1, 0.15) is 24.1 Å².